The number of imidazole rings is 1. The van der Waals surface area contributed by atoms with Gasteiger partial charge in [0.25, 0.3) is 10.0 Å². The van der Waals surface area contributed by atoms with Crippen molar-refractivity contribution >= 4 is 15.8 Å². The van der Waals surface area contributed by atoms with Crippen molar-refractivity contribution in [3.63, 3.8) is 0 Å². The lowest BCUT2D eigenvalue weighted by Crippen LogP contribution is -2.31. The molecule has 4 N–H and O–H groups in total. The van der Waals surface area contributed by atoms with E-state index < -0.39 is 22.2 Å². The first kappa shape index (κ1) is 12.3. The molecule has 96 valence electrons. The monoisotopic (exact) mass is 262 g/mol. The third kappa shape index (κ3) is 1.90. The molecular weight excluding hydrogens is 248 g/mol. The van der Waals surface area contributed by atoms with Crippen LogP contribution in [0.3, 0.4) is 0 Å². The largest absolute Gasteiger partial charge is 0.389 e. The predicted octanol–water partition coefficient (Wildman–Crippen LogP) is -2.27. The Labute approximate surface area is 98.3 Å². The Hall–Kier alpha value is -1.16. The van der Waals surface area contributed by atoms with Crippen LogP contribution >= 0.6 is 0 Å². The second-order valence-electron chi connectivity index (χ2n) is 4.00. The summed E-state index contributed by atoms with van der Waals surface area (Å²) in [7, 11) is -2.32. The fourth-order valence-corrected chi connectivity index (χ4v) is 3.48. The van der Waals surface area contributed by atoms with Crippen LogP contribution in [-0.4, -0.2) is 57.8 Å². The lowest BCUT2D eigenvalue weighted by Gasteiger charge is -2.15. The fourth-order valence-electron chi connectivity index (χ4n) is 1.80. The number of hydrogen-bond acceptors (Lipinski definition) is 6. The Morgan fingerprint density at radius 3 is 2.35 bits per heavy atom. The Kier molecular flexibility index (Phi) is 2.86. The average Bonchev–Trinajstić information content (AvgIpc) is 2.72. The highest BCUT2D eigenvalue weighted by atomic mass is 32.2. The van der Waals surface area contributed by atoms with E-state index in [1.165, 1.54) is 17.9 Å². The number of aryl methyl sites for hydroxylation is 1. The SMILES string of the molecule is Cn1cnc(N)c1S(=O)(=O)N1C[C@@H](O)[C@@H](O)C1. The van der Waals surface area contributed by atoms with Crippen molar-refractivity contribution in [2.75, 3.05) is 18.8 Å². The van der Waals surface area contributed by atoms with E-state index in [9.17, 15) is 18.6 Å². The standard InChI is InChI=1S/C8H14N4O4S/c1-11-4-10-7(9)8(11)17(15,16)12-2-5(13)6(14)3-12/h4-6,13-14H,2-3,9H2,1H3/t5-,6+. The third-order valence-corrected chi connectivity index (χ3v) is 4.68. The van der Waals surface area contributed by atoms with Gasteiger partial charge in [0.15, 0.2) is 10.8 Å². The lowest BCUT2D eigenvalue weighted by atomic mass is 10.3. The lowest BCUT2D eigenvalue weighted by molar-refractivity contribution is 0.0572. The zero-order valence-electron chi connectivity index (χ0n) is 9.18. The van der Waals surface area contributed by atoms with E-state index in [0.29, 0.717) is 0 Å². The summed E-state index contributed by atoms with van der Waals surface area (Å²) in [5, 5.41) is 18.6. The molecule has 0 saturated carbocycles. The van der Waals surface area contributed by atoms with Crippen LogP contribution in [0.1, 0.15) is 0 Å². The van der Waals surface area contributed by atoms with Gasteiger partial charge in [-0.15, -0.1) is 0 Å². The molecule has 8 nitrogen and oxygen atoms in total. The van der Waals surface area contributed by atoms with Crippen LogP contribution in [0.4, 0.5) is 5.82 Å². The van der Waals surface area contributed by atoms with Crippen LogP contribution in [0.25, 0.3) is 0 Å². The fraction of sp³-hybridized carbons (Fsp3) is 0.625. The van der Waals surface area contributed by atoms with Gasteiger partial charge in [-0.1, -0.05) is 0 Å². The van der Waals surface area contributed by atoms with Gasteiger partial charge in [0, 0.05) is 20.1 Å². The van der Waals surface area contributed by atoms with Crippen LogP contribution in [0.5, 0.6) is 0 Å². The number of aliphatic hydroxyl groups excluding tert-OH is 2. The second kappa shape index (κ2) is 3.95. The van der Waals surface area contributed by atoms with Crippen molar-refractivity contribution < 1.29 is 18.6 Å². The minimum Gasteiger partial charge on any atom is -0.389 e. The number of nitrogens with zero attached hydrogens (tertiary/aromatic N) is 3. The van der Waals surface area contributed by atoms with Gasteiger partial charge < -0.3 is 20.5 Å². The second-order valence-corrected chi connectivity index (χ2v) is 5.86. The van der Waals surface area contributed by atoms with Crippen molar-refractivity contribution in [1.82, 2.24) is 13.9 Å². The molecule has 0 aromatic carbocycles. The van der Waals surface area contributed by atoms with Crippen LogP contribution in [-0.2, 0) is 17.1 Å². The number of nitrogen functional groups attached to an aromatic ring is 1. The van der Waals surface area contributed by atoms with Crippen molar-refractivity contribution in [2.24, 2.45) is 7.05 Å². The van der Waals surface area contributed by atoms with E-state index in [2.05, 4.69) is 4.98 Å². The maximum atomic E-state index is 12.2. The van der Waals surface area contributed by atoms with Gasteiger partial charge >= 0.3 is 0 Å². The Balaban J connectivity index is 2.39. The maximum Gasteiger partial charge on any atom is 0.262 e. The summed E-state index contributed by atoms with van der Waals surface area (Å²) in [5.41, 5.74) is 5.50. The zero-order valence-corrected chi connectivity index (χ0v) is 10.0. The molecule has 0 unspecified atom stereocenters. The van der Waals surface area contributed by atoms with Crippen LogP contribution in [0, 0.1) is 0 Å². The summed E-state index contributed by atoms with van der Waals surface area (Å²) in [5.74, 6) is -0.0941. The van der Waals surface area contributed by atoms with Crippen LogP contribution in [0.2, 0.25) is 0 Å². The van der Waals surface area contributed by atoms with Crippen molar-refractivity contribution in [1.29, 1.82) is 0 Å². The van der Waals surface area contributed by atoms with Crippen LogP contribution < -0.4 is 5.73 Å². The van der Waals surface area contributed by atoms with Gasteiger partial charge in [-0.3, -0.25) is 0 Å². The summed E-state index contributed by atoms with van der Waals surface area (Å²) in [6.45, 7) is -0.289. The van der Waals surface area contributed by atoms with E-state index in [-0.39, 0.29) is 23.9 Å². The smallest absolute Gasteiger partial charge is 0.262 e. The summed E-state index contributed by atoms with van der Waals surface area (Å²) in [4.78, 5) is 3.70. The molecule has 0 aliphatic carbocycles. The van der Waals surface area contributed by atoms with E-state index in [1.807, 2.05) is 0 Å². The highest BCUT2D eigenvalue weighted by Gasteiger charge is 2.39. The number of rotatable bonds is 2. The summed E-state index contributed by atoms with van der Waals surface area (Å²) in [6, 6.07) is 0. The third-order valence-electron chi connectivity index (χ3n) is 2.72. The van der Waals surface area contributed by atoms with Gasteiger partial charge in [-0.2, -0.15) is 4.31 Å². The van der Waals surface area contributed by atoms with Crippen molar-refractivity contribution in [2.45, 2.75) is 17.2 Å². The summed E-state index contributed by atoms with van der Waals surface area (Å²) >= 11 is 0. The average molecular weight is 262 g/mol. The first-order chi connectivity index (χ1) is 7.84. The van der Waals surface area contributed by atoms with Gasteiger partial charge in [-0.25, -0.2) is 13.4 Å². The Bertz CT molecular complexity index is 496. The number of hydrogen-bond donors (Lipinski definition) is 3. The number of anilines is 1. The van der Waals surface area contributed by atoms with E-state index >= 15 is 0 Å². The first-order valence-electron chi connectivity index (χ1n) is 4.97. The van der Waals surface area contributed by atoms with Gasteiger partial charge in [0.2, 0.25) is 0 Å². The molecule has 17 heavy (non-hydrogen) atoms. The molecular formula is C8H14N4O4S. The molecule has 0 radical (unpaired) electrons. The first-order valence-corrected chi connectivity index (χ1v) is 6.41. The van der Waals surface area contributed by atoms with E-state index in [4.69, 9.17) is 5.73 Å². The molecule has 2 rings (SSSR count). The van der Waals surface area contributed by atoms with Gasteiger partial charge in [0.05, 0.1) is 18.5 Å². The highest BCUT2D eigenvalue weighted by molar-refractivity contribution is 7.89. The summed E-state index contributed by atoms with van der Waals surface area (Å²) < 4.78 is 26.7. The quantitative estimate of drug-likeness (QED) is 0.552. The molecule has 2 atom stereocenters. The number of β-amino-alcohol motifs (C(OH)–C–C–N with tert-alkyl or cyclic N) is 2. The molecule has 1 aliphatic heterocycles. The predicted molar refractivity (Wildman–Crippen MR) is 58.4 cm³/mol. The number of sulfonamides is 1. The number of nitrogens with two attached hydrogens (primary N) is 1. The molecule has 1 aromatic heterocycles. The molecule has 1 aromatic rings. The normalized spacial score (nSPS) is 26.5. The minimum atomic E-state index is -3.83. The molecule has 1 fully saturated rings. The van der Waals surface area contributed by atoms with E-state index in [0.717, 1.165) is 4.31 Å². The zero-order chi connectivity index (χ0) is 12.8. The number of aliphatic hydroxyl groups is 2. The molecule has 2 heterocycles. The van der Waals surface area contributed by atoms with E-state index in [1.54, 1.807) is 0 Å². The van der Waals surface area contributed by atoms with Crippen molar-refractivity contribution in [3.8, 4) is 0 Å². The molecule has 0 amide bonds. The minimum absolute atomic E-state index is 0.0941. The molecule has 1 aliphatic rings. The molecule has 0 bridgehead atoms. The van der Waals surface area contributed by atoms with Gasteiger partial charge in [0.1, 0.15) is 0 Å². The Morgan fingerprint density at radius 2 is 1.94 bits per heavy atom. The van der Waals surface area contributed by atoms with Gasteiger partial charge in [-0.05, 0) is 0 Å². The summed E-state index contributed by atoms with van der Waals surface area (Å²) in [6.07, 6.45) is -0.844. The molecule has 9 heteroatoms. The van der Waals surface area contributed by atoms with Crippen molar-refractivity contribution in [3.05, 3.63) is 6.33 Å². The topological polar surface area (TPSA) is 122 Å². The Morgan fingerprint density at radius 1 is 1.41 bits per heavy atom. The maximum absolute atomic E-state index is 12.2. The van der Waals surface area contributed by atoms with Crippen LogP contribution in [0.15, 0.2) is 11.4 Å². The molecule has 0 spiro atoms. The number of aromatic nitrogens is 2. The molecule has 1 saturated heterocycles. The highest BCUT2D eigenvalue weighted by Crippen LogP contribution is 2.24.